The van der Waals surface area contributed by atoms with Crippen LogP contribution in [0, 0.1) is 0 Å². The van der Waals surface area contributed by atoms with Crippen molar-refractivity contribution in [2.75, 3.05) is 19.8 Å². The minimum absolute atomic E-state index is 0.105. The Hall–Kier alpha value is -0.650. The maximum Gasteiger partial charge on any atom is 0.305 e. The molecule has 0 aliphatic carbocycles. The SMILES string of the molecule is CCCCCCCCCCCCCCCC(=O)OC[C@@H](CO)OC1CCCCO1. The third-order valence-corrected chi connectivity index (χ3v) is 5.60. The lowest BCUT2D eigenvalue weighted by atomic mass is 10.0. The van der Waals surface area contributed by atoms with Crippen LogP contribution in [0.25, 0.3) is 0 Å². The Balaban J connectivity index is 1.87. The van der Waals surface area contributed by atoms with Crippen LogP contribution in [0.15, 0.2) is 0 Å². The number of ether oxygens (including phenoxy) is 3. The Labute approximate surface area is 178 Å². The van der Waals surface area contributed by atoms with Gasteiger partial charge in [0.2, 0.25) is 0 Å². The Morgan fingerprint density at radius 1 is 0.931 bits per heavy atom. The molecule has 2 atom stereocenters. The van der Waals surface area contributed by atoms with Gasteiger partial charge in [-0.25, -0.2) is 0 Å². The summed E-state index contributed by atoms with van der Waals surface area (Å²) in [5.74, 6) is -0.195. The number of aliphatic hydroxyl groups excluding tert-OH is 1. The topological polar surface area (TPSA) is 65.0 Å². The molecule has 0 amide bonds. The molecule has 0 saturated carbocycles. The lowest BCUT2D eigenvalue weighted by molar-refractivity contribution is -0.205. The molecule has 1 aliphatic heterocycles. The monoisotopic (exact) mass is 414 g/mol. The van der Waals surface area contributed by atoms with Crippen molar-refractivity contribution in [1.82, 2.24) is 0 Å². The fraction of sp³-hybridized carbons (Fsp3) is 0.958. The van der Waals surface area contributed by atoms with Gasteiger partial charge in [0.05, 0.1) is 6.61 Å². The lowest BCUT2D eigenvalue weighted by Crippen LogP contribution is -2.33. The predicted octanol–water partition coefficient (Wildman–Crippen LogP) is 5.92. The highest BCUT2D eigenvalue weighted by molar-refractivity contribution is 5.69. The molecule has 172 valence electrons. The zero-order valence-corrected chi connectivity index (χ0v) is 18.9. The normalized spacial score (nSPS) is 17.9. The van der Waals surface area contributed by atoms with Crippen LogP contribution in [0.4, 0.5) is 0 Å². The second-order valence-electron chi connectivity index (χ2n) is 8.41. The number of carbonyl (C=O) groups is 1. The van der Waals surface area contributed by atoms with Gasteiger partial charge in [-0.15, -0.1) is 0 Å². The highest BCUT2D eigenvalue weighted by Gasteiger charge is 2.20. The van der Waals surface area contributed by atoms with Crippen molar-refractivity contribution in [3.8, 4) is 0 Å². The van der Waals surface area contributed by atoms with Gasteiger partial charge in [-0.2, -0.15) is 0 Å². The Bertz CT molecular complexity index is 368. The summed E-state index contributed by atoms with van der Waals surface area (Å²) in [6.45, 7) is 2.90. The van der Waals surface area contributed by atoms with E-state index in [9.17, 15) is 9.90 Å². The van der Waals surface area contributed by atoms with Crippen LogP contribution < -0.4 is 0 Å². The molecule has 1 aliphatic rings. The van der Waals surface area contributed by atoms with Gasteiger partial charge in [-0.05, 0) is 25.7 Å². The highest BCUT2D eigenvalue weighted by atomic mass is 16.7. The molecule has 1 rings (SSSR count). The summed E-state index contributed by atoms with van der Waals surface area (Å²) < 4.78 is 16.4. The summed E-state index contributed by atoms with van der Waals surface area (Å²) in [5, 5.41) is 9.40. The van der Waals surface area contributed by atoms with Gasteiger partial charge in [0.1, 0.15) is 12.7 Å². The molecule has 1 heterocycles. The van der Waals surface area contributed by atoms with E-state index in [1.54, 1.807) is 0 Å². The van der Waals surface area contributed by atoms with Gasteiger partial charge < -0.3 is 19.3 Å². The number of aliphatic hydroxyl groups is 1. The van der Waals surface area contributed by atoms with Crippen molar-refractivity contribution in [1.29, 1.82) is 0 Å². The fourth-order valence-corrected chi connectivity index (χ4v) is 3.71. The molecular formula is C24H46O5. The van der Waals surface area contributed by atoms with E-state index < -0.39 is 6.10 Å². The molecule has 0 aromatic rings. The largest absolute Gasteiger partial charge is 0.463 e. The average Bonchev–Trinajstić information content (AvgIpc) is 2.75. The molecule has 0 spiro atoms. The summed E-state index contributed by atoms with van der Waals surface area (Å²) in [7, 11) is 0. The van der Waals surface area contributed by atoms with E-state index in [4.69, 9.17) is 14.2 Å². The molecule has 1 saturated heterocycles. The number of hydrogen-bond donors (Lipinski definition) is 1. The fourth-order valence-electron chi connectivity index (χ4n) is 3.71. The lowest BCUT2D eigenvalue weighted by Gasteiger charge is -2.26. The molecule has 1 unspecified atom stereocenters. The highest BCUT2D eigenvalue weighted by Crippen LogP contribution is 2.16. The average molecular weight is 415 g/mol. The van der Waals surface area contributed by atoms with E-state index in [1.165, 1.54) is 70.6 Å². The second kappa shape index (κ2) is 19.3. The van der Waals surface area contributed by atoms with Crippen LogP contribution in [0.1, 0.15) is 116 Å². The Morgan fingerprint density at radius 2 is 1.52 bits per heavy atom. The first-order valence-corrected chi connectivity index (χ1v) is 12.3. The first-order valence-electron chi connectivity index (χ1n) is 12.3. The summed E-state index contributed by atoms with van der Waals surface area (Å²) in [5.41, 5.74) is 0. The van der Waals surface area contributed by atoms with E-state index in [-0.39, 0.29) is 25.5 Å². The maximum atomic E-state index is 11.9. The quantitative estimate of drug-likeness (QED) is 0.210. The molecule has 0 aromatic heterocycles. The summed E-state index contributed by atoms with van der Waals surface area (Å²) in [4.78, 5) is 11.9. The van der Waals surface area contributed by atoms with Crippen molar-refractivity contribution >= 4 is 5.97 Å². The van der Waals surface area contributed by atoms with Gasteiger partial charge in [-0.1, -0.05) is 84.0 Å². The van der Waals surface area contributed by atoms with Crippen LogP contribution in [0.3, 0.4) is 0 Å². The first kappa shape index (κ1) is 26.4. The summed E-state index contributed by atoms with van der Waals surface area (Å²) in [6, 6.07) is 0. The summed E-state index contributed by atoms with van der Waals surface area (Å²) >= 11 is 0. The van der Waals surface area contributed by atoms with Gasteiger partial charge in [0.25, 0.3) is 0 Å². The van der Waals surface area contributed by atoms with Crippen molar-refractivity contribution in [3.63, 3.8) is 0 Å². The molecule has 1 fully saturated rings. The van der Waals surface area contributed by atoms with E-state index >= 15 is 0 Å². The molecule has 0 bridgehead atoms. The van der Waals surface area contributed by atoms with Crippen molar-refractivity contribution in [2.45, 2.75) is 128 Å². The van der Waals surface area contributed by atoms with E-state index in [0.717, 1.165) is 32.1 Å². The van der Waals surface area contributed by atoms with Crippen molar-refractivity contribution < 1.29 is 24.1 Å². The van der Waals surface area contributed by atoms with Crippen LogP contribution >= 0.6 is 0 Å². The van der Waals surface area contributed by atoms with E-state index in [0.29, 0.717) is 13.0 Å². The molecule has 5 heteroatoms. The minimum atomic E-state index is -0.492. The zero-order valence-electron chi connectivity index (χ0n) is 18.9. The molecule has 5 nitrogen and oxygen atoms in total. The van der Waals surface area contributed by atoms with E-state index in [2.05, 4.69) is 6.92 Å². The molecular weight excluding hydrogens is 368 g/mol. The molecule has 0 radical (unpaired) electrons. The van der Waals surface area contributed by atoms with Crippen molar-refractivity contribution in [3.05, 3.63) is 0 Å². The number of hydrogen-bond acceptors (Lipinski definition) is 5. The predicted molar refractivity (Wildman–Crippen MR) is 117 cm³/mol. The third kappa shape index (κ3) is 15.8. The smallest absolute Gasteiger partial charge is 0.305 e. The molecule has 0 aromatic carbocycles. The Morgan fingerprint density at radius 3 is 2.03 bits per heavy atom. The third-order valence-electron chi connectivity index (χ3n) is 5.60. The van der Waals surface area contributed by atoms with Gasteiger partial charge >= 0.3 is 5.97 Å². The van der Waals surface area contributed by atoms with Crippen molar-refractivity contribution in [2.24, 2.45) is 0 Å². The van der Waals surface area contributed by atoms with E-state index in [1.807, 2.05) is 0 Å². The Kier molecular flexibility index (Phi) is 17.6. The van der Waals surface area contributed by atoms with Crippen LogP contribution in [0.5, 0.6) is 0 Å². The van der Waals surface area contributed by atoms with Gasteiger partial charge in [0, 0.05) is 13.0 Å². The van der Waals surface area contributed by atoms with Gasteiger partial charge in [-0.3, -0.25) is 4.79 Å². The maximum absolute atomic E-state index is 11.9. The number of carbonyl (C=O) groups excluding carboxylic acids is 1. The standard InChI is InChI=1S/C24H46O5/c1-2-3-4-5-6-7-8-9-10-11-12-13-14-17-23(26)28-21-22(20-25)29-24-18-15-16-19-27-24/h22,24-25H,2-21H2,1H3/t22-,24?/m1/s1. The number of esters is 1. The molecule has 1 N–H and O–H groups in total. The van der Waals surface area contributed by atoms with Crippen LogP contribution in [-0.4, -0.2) is 43.3 Å². The molecule has 29 heavy (non-hydrogen) atoms. The van der Waals surface area contributed by atoms with Crippen LogP contribution in [0.2, 0.25) is 0 Å². The number of unbranched alkanes of at least 4 members (excludes halogenated alkanes) is 12. The minimum Gasteiger partial charge on any atom is -0.463 e. The summed E-state index contributed by atoms with van der Waals surface area (Å²) in [6.07, 6.45) is 19.4. The number of rotatable bonds is 19. The second-order valence-corrected chi connectivity index (χ2v) is 8.41. The van der Waals surface area contributed by atoms with Crippen LogP contribution in [-0.2, 0) is 19.0 Å². The van der Waals surface area contributed by atoms with Gasteiger partial charge in [0.15, 0.2) is 6.29 Å². The first-order chi connectivity index (χ1) is 14.3. The zero-order chi connectivity index (χ0) is 21.0.